The smallest absolute Gasteiger partial charge is 0.245 e. The van der Waals surface area contributed by atoms with Crippen molar-refractivity contribution < 1.29 is 17.2 Å². The van der Waals surface area contributed by atoms with E-state index in [1.165, 1.54) is 11.4 Å². The first-order chi connectivity index (χ1) is 9.39. The van der Waals surface area contributed by atoms with Crippen molar-refractivity contribution in [1.82, 2.24) is 9.62 Å². The molecule has 0 saturated heterocycles. The van der Waals surface area contributed by atoms with E-state index in [9.17, 15) is 17.2 Å². The number of hydrogen-bond donors (Lipinski definition) is 1. The number of sulfonamides is 1. The van der Waals surface area contributed by atoms with E-state index in [0.717, 1.165) is 12.1 Å². The fourth-order valence-corrected chi connectivity index (χ4v) is 3.58. The van der Waals surface area contributed by atoms with Crippen molar-refractivity contribution in [2.24, 2.45) is 0 Å². The molecule has 1 rings (SSSR count). The fraction of sp³-hybridized carbons (Fsp3) is 0.538. The van der Waals surface area contributed by atoms with Crippen molar-refractivity contribution in [1.29, 1.82) is 0 Å². The summed E-state index contributed by atoms with van der Waals surface area (Å²) in [5.41, 5.74) is -0.263. The van der Waals surface area contributed by atoms with Gasteiger partial charge in [-0.1, -0.05) is 13.8 Å². The Labute approximate surface area is 118 Å². The number of benzene rings is 1. The van der Waals surface area contributed by atoms with Crippen LogP contribution in [-0.2, 0) is 16.6 Å². The summed E-state index contributed by atoms with van der Waals surface area (Å²) >= 11 is 0. The molecule has 0 fully saturated rings. The Morgan fingerprint density at radius 3 is 2.40 bits per heavy atom. The number of halogens is 2. The molecule has 1 aromatic carbocycles. The molecule has 0 unspecified atom stereocenters. The van der Waals surface area contributed by atoms with Crippen LogP contribution in [0.15, 0.2) is 17.0 Å². The van der Waals surface area contributed by atoms with E-state index in [1.807, 2.05) is 6.92 Å². The zero-order valence-corrected chi connectivity index (χ0v) is 12.7. The Morgan fingerprint density at radius 2 is 1.90 bits per heavy atom. The van der Waals surface area contributed by atoms with Crippen LogP contribution in [-0.4, -0.2) is 32.9 Å². The highest BCUT2D eigenvalue weighted by Gasteiger charge is 2.28. The third-order valence-corrected chi connectivity index (χ3v) is 4.94. The first-order valence-corrected chi connectivity index (χ1v) is 7.95. The van der Waals surface area contributed by atoms with Gasteiger partial charge in [-0.25, -0.2) is 17.2 Å². The fourth-order valence-electron chi connectivity index (χ4n) is 1.95. The number of hydrogen-bond acceptors (Lipinski definition) is 3. The van der Waals surface area contributed by atoms with Crippen LogP contribution in [0.5, 0.6) is 0 Å². The SMILES string of the molecule is CCCN(CC)S(=O)(=O)c1ccc(F)c(CNC)c1F. The maximum absolute atomic E-state index is 14.3. The van der Waals surface area contributed by atoms with E-state index < -0.39 is 26.6 Å². The molecular formula is C13H20F2N2O2S. The standard InChI is InChI=1S/C13H20F2N2O2S/c1-4-8-17(5-2)20(18,19)12-7-6-11(14)10(9-16-3)13(12)15/h6-7,16H,4-5,8-9H2,1-3H3. The molecule has 0 radical (unpaired) electrons. The maximum Gasteiger partial charge on any atom is 0.245 e. The molecule has 0 spiro atoms. The lowest BCUT2D eigenvalue weighted by Gasteiger charge is -2.20. The van der Waals surface area contributed by atoms with Gasteiger partial charge in [0, 0.05) is 25.2 Å². The monoisotopic (exact) mass is 306 g/mol. The Bertz CT molecular complexity index is 562. The van der Waals surface area contributed by atoms with Crippen molar-refractivity contribution in [2.75, 3.05) is 20.1 Å². The highest BCUT2D eigenvalue weighted by molar-refractivity contribution is 7.89. The Morgan fingerprint density at radius 1 is 1.25 bits per heavy atom. The normalized spacial score (nSPS) is 12.1. The lowest BCUT2D eigenvalue weighted by Crippen LogP contribution is -2.32. The van der Waals surface area contributed by atoms with Crippen molar-refractivity contribution >= 4 is 10.0 Å². The van der Waals surface area contributed by atoms with Crippen LogP contribution >= 0.6 is 0 Å². The molecule has 0 aliphatic rings. The summed E-state index contributed by atoms with van der Waals surface area (Å²) in [6.07, 6.45) is 0.624. The van der Waals surface area contributed by atoms with Crippen LogP contribution in [0, 0.1) is 11.6 Å². The number of rotatable bonds is 7. The zero-order chi connectivity index (χ0) is 15.3. The largest absolute Gasteiger partial charge is 0.315 e. The topological polar surface area (TPSA) is 49.4 Å². The Kier molecular flexibility index (Phi) is 6.04. The summed E-state index contributed by atoms with van der Waals surface area (Å²) in [5.74, 6) is -1.77. The molecule has 0 aliphatic heterocycles. The van der Waals surface area contributed by atoms with Crippen LogP contribution in [0.2, 0.25) is 0 Å². The number of nitrogens with one attached hydrogen (secondary N) is 1. The van der Waals surface area contributed by atoms with Gasteiger partial charge in [0.15, 0.2) is 5.82 Å². The lowest BCUT2D eigenvalue weighted by atomic mass is 10.2. The summed E-state index contributed by atoms with van der Waals surface area (Å²) in [7, 11) is -2.40. The molecule has 0 saturated carbocycles. The van der Waals surface area contributed by atoms with Gasteiger partial charge < -0.3 is 5.32 Å². The van der Waals surface area contributed by atoms with Crippen LogP contribution < -0.4 is 5.32 Å². The number of nitrogens with zero attached hydrogens (tertiary/aromatic N) is 1. The van der Waals surface area contributed by atoms with E-state index in [2.05, 4.69) is 5.32 Å². The summed E-state index contributed by atoms with van der Waals surface area (Å²) in [5, 5.41) is 2.62. The van der Waals surface area contributed by atoms with Crippen LogP contribution in [0.25, 0.3) is 0 Å². The van der Waals surface area contributed by atoms with Gasteiger partial charge in [-0.3, -0.25) is 0 Å². The van der Waals surface area contributed by atoms with Gasteiger partial charge in [-0.05, 0) is 25.6 Å². The predicted molar refractivity (Wildman–Crippen MR) is 73.8 cm³/mol. The van der Waals surface area contributed by atoms with E-state index in [0.29, 0.717) is 13.0 Å². The van der Waals surface area contributed by atoms with E-state index in [4.69, 9.17) is 0 Å². The summed E-state index contributed by atoms with van der Waals surface area (Å²) in [6.45, 7) is 4.00. The average Bonchev–Trinajstić information content (AvgIpc) is 2.40. The summed E-state index contributed by atoms with van der Waals surface area (Å²) in [4.78, 5) is -0.473. The molecule has 1 N–H and O–H groups in total. The average molecular weight is 306 g/mol. The molecule has 7 heteroatoms. The minimum Gasteiger partial charge on any atom is -0.315 e. The zero-order valence-electron chi connectivity index (χ0n) is 11.9. The van der Waals surface area contributed by atoms with Gasteiger partial charge in [0.2, 0.25) is 10.0 Å². The molecule has 0 bridgehead atoms. The molecule has 20 heavy (non-hydrogen) atoms. The molecule has 0 aromatic heterocycles. The second-order valence-corrected chi connectivity index (χ2v) is 6.27. The van der Waals surface area contributed by atoms with Gasteiger partial charge in [-0.15, -0.1) is 0 Å². The van der Waals surface area contributed by atoms with Crippen molar-refractivity contribution in [2.45, 2.75) is 31.7 Å². The summed E-state index contributed by atoms with van der Waals surface area (Å²) < 4.78 is 53.8. The molecular weight excluding hydrogens is 286 g/mol. The van der Waals surface area contributed by atoms with Gasteiger partial charge in [0.25, 0.3) is 0 Å². The van der Waals surface area contributed by atoms with E-state index >= 15 is 0 Å². The second kappa shape index (κ2) is 7.10. The van der Waals surface area contributed by atoms with Crippen LogP contribution in [0.1, 0.15) is 25.8 Å². The summed E-state index contributed by atoms with van der Waals surface area (Å²) in [6, 6.07) is 1.97. The molecule has 114 valence electrons. The van der Waals surface area contributed by atoms with Gasteiger partial charge in [0.1, 0.15) is 10.7 Å². The minimum atomic E-state index is -3.94. The van der Waals surface area contributed by atoms with Crippen LogP contribution in [0.4, 0.5) is 8.78 Å². The second-order valence-electron chi connectivity index (χ2n) is 4.37. The Hall–Kier alpha value is -1.05. The molecule has 0 atom stereocenters. The first-order valence-electron chi connectivity index (χ1n) is 6.51. The third-order valence-electron chi connectivity index (χ3n) is 2.95. The maximum atomic E-state index is 14.3. The van der Waals surface area contributed by atoms with Crippen molar-refractivity contribution in [3.63, 3.8) is 0 Å². The molecule has 1 aromatic rings. The van der Waals surface area contributed by atoms with E-state index in [-0.39, 0.29) is 18.7 Å². The lowest BCUT2D eigenvalue weighted by molar-refractivity contribution is 0.421. The molecule has 4 nitrogen and oxygen atoms in total. The van der Waals surface area contributed by atoms with Crippen molar-refractivity contribution in [3.05, 3.63) is 29.3 Å². The van der Waals surface area contributed by atoms with Crippen molar-refractivity contribution in [3.8, 4) is 0 Å². The van der Waals surface area contributed by atoms with Gasteiger partial charge in [0.05, 0.1) is 0 Å². The highest BCUT2D eigenvalue weighted by atomic mass is 32.2. The predicted octanol–water partition coefficient (Wildman–Crippen LogP) is 2.10. The Balaban J connectivity index is 3.35. The minimum absolute atomic E-state index is 0.0685. The quantitative estimate of drug-likeness (QED) is 0.839. The molecule has 0 amide bonds. The third kappa shape index (κ3) is 3.34. The van der Waals surface area contributed by atoms with Gasteiger partial charge >= 0.3 is 0 Å². The van der Waals surface area contributed by atoms with Crippen LogP contribution in [0.3, 0.4) is 0 Å². The first kappa shape index (κ1) is 17.0. The molecule has 0 heterocycles. The van der Waals surface area contributed by atoms with E-state index in [1.54, 1.807) is 6.92 Å². The molecule has 0 aliphatic carbocycles. The van der Waals surface area contributed by atoms with Gasteiger partial charge in [-0.2, -0.15) is 4.31 Å². The highest BCUT2D eigenvalue weighted by Crippen LogP contribution is 2.24.